The van der Waals surface area contributed by atoms with Gasteiger partial charge in [-0.3, -0.25) is 9.59 Å². The van der Waals surface area contributed by atoms with Crippen LogP contribution in [0.25, 0.3) is 0 Å². The monoisotopic (exact) mass is 438 g/mol. The van der Waals surface area contributed by atoms with Crippen LogP contribution in [-0.4, -0.2) is 69.8 Å². The van der Waals surface area contributed by atoms with Crippen molar-refractivity contribution in [1.82, 2.24) is 9.80 Å². The third-order valence-corrected chi connectivity index (χ3v) is 6.76. The summed E-state index contributed by atoms with van der Waals surface area (Å²) in [6, 6.07) is 7.77. The molecule has 1 aromatic carbocycles. The summed E-state index contributed by atoms with van der Waals surface area (Å²) in [6.07, 6.45) is 3.03. The molecule has 1 aliphatic heterocycles. The number of hydrogen-bond acceptors (Lipinski definition) is 6. The normalized spacial score (nSPS) is 25.8. The van der Waals surface area contributed by atoms with E-state index in [1.54, 1.807) is 7.11 Å². The first-order chi connectivity index (χ1) is 15.3. The van der Waals surface area contributed by atoms with E-state index in [-0.39, 0.29) is 29.3 Å². The Kier molecular flexibility index (Phi) is 6.54. The van der Waals surface area contributed by atoms with E-state index in [0.29, 0.717) is 24.2 Å². The minimum atomic E-state index is -0.366. The van der Waals surface area contributed by atoms with Crippen LogP contribution in [-0.2, 0) is 14.3 Å². The van der Waals surface area contributed by atoms with E-state index in [1.807, 2.05) is 52.5 Å². The van der Waals surface area contributed by atoms with Crippen LogP contribution in [0.3, 0.4) is 0 Å². The van der Waals surface area contributed by atoms with Crippen molar-refractivity contribution < 1.29 is 19.1 Å². The van der Waals surface area contributed by atoms with E-state index in [1.165, 1.54) is 0 Å². The molecule has 0 fully saturated rings. The van der Waals surface area contributed by atoms with Crippen LogP contribution in [0, 0.1) is 11.8 Å². The zero-order chi connectivity index (χ0) is 23.0. The molecule has 0 aromatic heterocycles. The molecule has 1 unspecified atom stereocenters. The van der Waals surface area contributed by atoms with E-state index in [2.05, 4.69) is 9.80 Å². The number of ketones is 2. The van der Waals surface area contributed by atoms with Crippen molar-refractivity contribution in [3.05, 3.63) is 52.5 Å². The first kappa shape index (κ1) is 22.7. The molecule has 0 amide bonds. The number of methoxy groups -OCH3 is 1. The predicted octanol–water partition coefficient (Wildman–Crippen LogP) is 3.40. The number of Topliss-reactive ketones (excluding diaryl/α,β-unsaturated/α-hetero) is 2. The van der Waals surface area contributed by atoms with Gasteiger partial charge in [0.2, 0.25) is 0 Å². The van der Waals surface area contributed by atoms with Crippen LogP contribution in [0.5, 0.6) is 5.75 Å². The zero-order valence-electron chi connectivity index (χ0n) is 19.8. The summed E-state index contributed by atoms with van der Waals surface area (Å²) in [5, 5.41) is 0. The molecule has 1 aromatic rings. The number of benzene rings is 1. The SMILES string of the molecule is COc1ccc(C2C3=C(CC[C@H](CN(C)C)C3=O)OC3=C2C(=O)[C@H](CN(C)C)CC3)cc1. The van der Waals surface area contributed by atoms with Gasteiger partial charge in [-0.1, -0.05) is 12.1 Å². The molecule has 3 aliphatic rings. The third-order valence-electron chi connectivity index (χ3n) is 6.76. The molecule has 0 saturated heterocycles. The van der Waals surface area contributed by atoms with Crippen molar-refractivity contribution >= 4 is 11.6 Å². The van der Waals surface area contributed by atoms with Gasteiger partial charge in [0, 0.05) is 54.8 Å². The first-order valence-electron chi connectivity index (χ1n) is 11.5. The molecule has 4 rings (SSSR count). The number of carbonyl (C=O) groups excluding carboxylic acids is 2. The van der Waals surface area contributed by atoms with Gasteiger partial charge in [0.15, 0.2) is 11.6 Å². The van der Waals surface area contributed by atoms with Crippen molar-refractivity contribution in [1.29, 1.82) is 0 Å². The molecule has 0 spiro atoms. The lowest BCUT2D eigenvalue weighted by molar-refractivity contribution is -0.122. The fourth-order valence-electron chi connectivity index (χ4n) is 5.33. The molecule has 1 heterocycles. The Morgan fingerprint density at radius 1 is 0.844 bits per heavy atom. The molecule has 0 saturated carbocycles. The van der Waals surface area contributed by atoms with Gasteiger partial charge in [0.05, 0.1) is 7.11 Å². The van der Waals surface area contributed by atoms with Crippen LogP contribution in [0.15, 0.2) is 46.9 Å². The number of ether oxygens (including phenoxy) is 2. The fraction of sp³-hybridized carbons (Fsp3) is 0.538. The molecule has 3 atom stereocenters. The van der Waals surface area contributed by atoms with Gasteiger partial charge in [-0.05, 0) is 58.7 Å². The zero-order valence-corrected chi connectivity index (χ0v) is 19.8. The Hall–Kier alpha value is -2.44. The lowest BCUT2D eigenvalue weighted by Gasteiger charge is -2.40. The summed E-state index contributed by atoms with van der Waals surface area (Å²) < 4.78 is 11.6. The van der Waals surface area contributed by atoms with Crippen LogP contribution >= 0.6 is 0 Å². The summed E-state index contributed by atoms with van der Waals surface area (Å²) in [7, 11) is 9.61. The number of nitrogens with zero attached hydrogens (tertiary/aromatic N) is 2. The Labute approximate surface area is 190 Å². The number of carbonyl (C=O) groups is 2. The Bertz CT molecular complexity index is 905. The van der Waals surface area contributed by atoms with E-state index in [4.69, 9.17) is 9.47 Å². The highest BCUT2D eigenvalue weighted by Gasteiger charge is 2.46. The van der Waals surface area contributed by atoms with Crippen LogP contribution < -0.4 is 4.74 Å². The molecule has 172 valence electrons. The Morgan fingerprint density at radius 2 is 1.31 bits per heavy atom. The summed E-state index contributed by atoms with van der Waals surface area (Å²) >= 11 is 0. The molecule has 0 N–H and O–H groups in total. The second-order valence-electron chi connectivity index (χ2n) is 9.71. The summed E-state index contributed by atoms with van der Waals surface area (Å²) in [5.74, 6) is 2.01. The third kappa shape index (κ3) is 4.26. The summed E-state index contributed by atoms with van der Waals surface area (Å²) in [4.78, 5) is 31.5. The second-order valence-corrected chi connectivity index (χ2v) is 9.71. The molecule has 32 heavy (non-hydrogen) atoms. The van der Waals surface area contributed by atoms with Gasteiger partial charge in [-0.15, -0.1) is 0 Å². The van der Waals surface area contributed by atoms with Crippen molar-refractivity contribution in [2.24, 2.45) is 11.8 Å². The fourth-order valence-corrected chi connectivity index (χ4v) is 5.33. The van der Waals surface area contributed by atoms with E-state index in [0.717, 1.165) is 48.5 Å². The summed E-state index contributed by atoms with van der Waals surface area (Å²) in [5.41, 5.74) is 2.32. The van der Waals surface area contributed by atoms with Gasteiger partial charge in [0.25, 0.3) is 0 Å². The van der Waals surface area contributed by atoms with Crippen molar-refractivity contribution in [3.8, 4) is 5.75 Å². The highest BCUT2D eigenvalue weighted by atomic mass is 16.5. The molecular weight excluding hydrogens is 404 g/mol. The standard InChI is InChI=1S/C26H34N2O4/c1-27(2)14-17-8-12-20-23(25(17)29)22(16-6-10-19(31-5)11-7-16)24-21(32-20)13-9-18(26(24)30)15-28(3)4/h6-7,10-11,17-18,22H,8-9,12-15H2,1-5H3/t17-,18+,22?. The maximum atomic E-state index is 13.7. The largest absolute Gasteiger partial charge is 0.497 e. The van der Waals surface area contributed by atoms with E-state index >= 15 is 0 Å². The molecule has 0 bridgehead atoms. The van der Waals surface area contributed by atoms with Gasteiger partial charge >= 0.3 is 0 Å². The van der Waals surface area contributed by atoms with Crippen LogP contribution in [0.1, 0.15) is 37.2 Å². The molecular formula is C26H34N2O4. The maximum absolute atomic E-state index is 13.7. The number of rotatable bonds is 6. The lowest BCUT2D eigenvalue weighted by atomic mass is 9.69. The number of hydrogen-bond donors (Lipinski definition) is 0. The molecule has 2 aliphatic carbocycles. The average Bonchev–Trinajstić information content (AvgIpc) is 2.76. The lowest BCUT2D eigenvalue weighted by Crippen LogP contribution is -2.40. The quantitative estimate of drug-likeness (QED) is 0.679. The van der Waals surface area contributed by atoms with Crippen LogP contribution in [0.2, 0.25) is 0 Å². The molecule has 0 radical (unpaired) electrons. The molecule has 6 nitrogen and oxygen atoms in total. The minimum absolute atomic E-state index is 0.0773. The highest BCUT2D eigenvalue weighted by molar-refractivity contribution is 6.07. The summed E-state index contributed by atoms with van der Waals surface area (Å²) in [6.45, 7) is 1.40. The molecule has 6 heteroatoms. The van der Waals surface area contributed by atoms with Crippen molar-refractivity contribution in [2.45, 2.75) is 31.6 Å². The topological polar surface area (TPSA) is 59.1 Å². The van der Waals surface area contributed by atoms with Gasteiger partial charge < -0.3 is 19.3 Å². The van der Waals surface area contributed by atoms with Crippen molar-refractivity contribution in [3.63, 3.8) is 0 Å². The van der Waals surface area contributed by atoms with Crippen molar-refractivity contribution in [2.75, 3.05) is 48.4 Å². The van der Waals surface area contributed by atoms with Gasteiger partial charge in [-0.2, -0.15) is 0 Å². The minimum Gasteiger partial charge on any atom is -0.497 e. The number of allylic oxidation sites excluding steroid dienone is 4. The highest BCUT2D eigenvalue weighted by Crippen LogP contribution is 2.49. The smallest absolute Gasteiger partial charge is 0.167 e. The Morgan fingerprint density at radius 3 is 1.72 bits per heavy atom. The van der Waals surface area contributed by atoms with Gasteiger partial charge in [0.1, 0.15) is 17.3 Å². The van der Waals surface area contributed by atoms with E-state index < -0.39 is 0 Å². The van der Waals surface area contributed by atoms with Gasteiger partial charge in [-0.25, -0.2) is 0 Å². The average molecular weight is 439 g/mol. The van der Waals surface area contributed by atoms with Crippen LogP contribution in [0.4, 0.5) is 0 Å². The predicted molar refractivity (Wildman–Crippen MR) is 123 cm³/mol. The maximum Gasteiger partial charge on any atom is 0.167 e. The Balaban J connectivity index is 1.79. The first-order valence-corrected chi connectivity index (χ1v) is 11.5. The van der Waals surface area contributed by atoms with E-state index in [9.17, 15) is 9.59 Å². The second kappa shape index (κ2) is 9.20.